The molecule has 1 heterocycles. The molecular weight excluding hydrogens is 431 g/mol. The second kappa shape index (κ2) is 9.91. The van der Waals surface area contributed by atoms with E-state index in [0.29, 0.717) is 46.0 Å². The summed E-state index contributed by atoms with van der Waals surface area (Å²) >= 11 is 17.2. The van der Waals surface area contributed by atoms with Crippen LogP contribution in [0.15, 0.2) is 42.5 Å². The zero-order chi connectivity index (χ0) is 20.8. The van der Waals surface area contributed by atoms with Crippen LogP contribution in [0.1, 0.15) is 12.0 Å². The Balaban J connectivity index is 1.50. The summed E-state index contributed by atoms with van der Waals surface area (Å²) < 4.78 is 7.69. The largest absolute Gasteiger partial charge is 0.492 e. The first-order valence-electron chi connectivity index (χ1n) is 9.01. The van der Waals surface area contributed by atoms with Crippen LogP contribution in [0.5, 0.6) is 5.75 Å². The number of H-pyrrole nitrogens is 1. The maximum atomic E-state index is 12.3. The summed E-state index contributed by atoms with van der Waals surface area (Å²) in [4.78, 5) is 12.3. The molecule has 0 aliphatic carbocycles. The molecule has 0 aliphatic heterocycles. The second-order valence-electron chi connectivity index (χ2n) is 6.43. The van der Waals surface area contributed by atoms with Crippen molar-refractivity contribution in [3.05, 3.63) is 62.8 Å². The number of carbonyl (C=O) groups is 1. The van der Waals surface area contributed by atoms with Gasteiger partial charge in [0.05, 0.1) is 11.6 Å². The first kappa shape index (κ1) is 21.4. The molecule has 1 amide bonds. The zero-order valence-electron chi connectivity index (χ0n) is 15.7. The lowest BCUT2D eigenvalue weighted by atomic mass is 10.1. The van der Waals surface area contributed by atoms with Crippen molar-refractivity contribution in [3.8, 4) is 17.1 Å². The first-order chi connectivity index (χ1) is 13.9. The summed E-state index contributed by atoms with van der Waals surface area (Å²) in [5.41, 5.74) is 2.01. The lowest BCUT2D eigenvalue weighted by molar-refractivity contribution is -0.121. The molecule has 0 aliphatic rings. The number of amides is 1. The van der Waals surface area contributed by atoms with E-state index in [1.807, 2.05) is 31.2 Å². The van der Waals surface area contributed by atoms with Crippen LogP contribution in [-0.2, 0) is 11.3 Å². The van der Waals surface area contributed by atoms with Crippen LogP contribution in [0.2, 0.25) is 10.0 Å². The monoisotopic (exact) mass is 450 g/mol. The molecule has 0 saturated heterocycles. The number of halogens is 2. The fourth-order valence-corrected chi connectivity index (χ4v) is 3.40. The van der Waals surface area contributed by atoms with E-state index in [-0.39, 0.29) is 12.5 Å². The van der Waals surface area contributed by atoms with E-state index in [0.717, 1.165) is 11.1 Å². The van der Waals surface area contributed by atoms with Crippen molar-refractivity contribution in [2.45, 2.75) is 19.9 Å². The molecule has 2 N–H and O–H groups in total. The third-order valence-electron chi connectivity index (χ3n) is 4.13. The molecular formula is C20H20Cl2N4O2S. The third kappa shape index (κ3) is 5.82. The average molecular weight is 451 g/mol. The van der Waals surface area contributed by atoms with Crippen molar-refractivity contribution in [2.24, 2.45) is 0 Å². The van der Waals surface area contributed by atoms with Gasteiger partial charge >= 0.3 is 0 Å². The van der Waals surface area contributed by atoms with Crippen molar-refractivity contribution >= 4 is 41.3 Å². The number of aromatic nitrogens is 3. The van der Waals surface area contributed by atoms with Crippen LogP contribution in [0, 0.1) is 11.7 Å². The van der Waals surface area contributed by atoms with Gasteiger partial charge in [0.1, 0.15) is 12.3 Å². The third-order valence-corrected chi connectivity index (χ3v) is 4.97. The van der Waals surface area contributed by atoms with Gasteiger partial charge in [-0.2, -0.15) is 5.10 Å². The molecule has 1 aromatic heterocycles. The van der Waals surface area contributed by atoms with E-state index in [4.69, 9.17) is 40.2 Å². The minimum atomic E-state index is -0.152. The van der Waals surface area contributed by atoms with Gasteiger partial charge in [-0.05, 0) is 49.8 Å². The molecule has 0 atom stereocenters. The fraction of sp³-hybridized carbons (Fsp3) is 0.250. The zero-order valence-corrected chi connectivity index (χ0v) is 18.1. The van der Waals surface area contributed by atoms with Gasteiger partial charge in [-0.3, -0.25) is 14.5 Å². The molecule has 0 bridgehead atoms. The Hall–Kier alpha value is -2.35. The van der Waals surface area contributed by atoms with Crippen molar-refractivity contribution in [2.75, 3.05) is 13.2 Å². The van der Waals surface area contributed by atoms with Crippen molar-refractivity contribution < 1.29 is 9.53 Å². The highest BCUT2D eigenvalue weighted by Crippen LogP contribution is 2.27. The smallest absolute Gasteiger partial charge is 0.240 e. The molecule has 3 aromatic rings. The number of carbonyl (C=O) groups excluding carboxylic acids is 1. The number of hydrogen-bond donors (Lipinski definition) is 2. The number of ether oxygens (including phenoxy) is 1. The Labute approximate surface area is 183 Å². The maximum absolute atomic E-state index is 12.3. The van der Waals surface area contributed by atoms with Gasteiger partial charge in [0.15, 0.2) is 10.6 Å². The van der Waals surface area contributed by atoms with E-state index in [2.05, 4.69) is 15.5 Å². The summed E-state index contributed by atoms with van der Waals surface area (Å²) in [5, 5.41) is 10.9. The first-order valence-corrected chi connectivity index (χ1v) is 10.2. The Bertz CT molecular complexity index is 1060. The molecule has 0 radical (unpaired) electrons. The van der Waals surface area contributed by atoms with Crippen LogP contribution in [0.3, 0.4) is 0 Å². The standard InChI is InChI=1S/C20H20Cl2N4O2S/c1-13-4-2-5-14(10-13)19-24-25-20(29)26(19)12-18(27)23-8-3-9-28-17-7-6-15(21)11-16(17)22/h2,4-7,10-11H,3,8-9,12H2,1H3,(H,23,27)(H,25,29). The van der Waals surface area contributed by atoms with Crippen molar-refractivity contribution in [3.63, 3.8) is 0 Å². The van der Waals surface area contributed by atoms with Crippen LogP contribution < -0.4 is 10.1 Å². The molecule has 6 nitrogen and oxygen atoms in total. The van der Waals surface area contributed by atoms with Crippen molar-refractivity contribution in [1.82, 2.24) is 20.1 Å². The summed E-state index contributed by atoms with van der Waals surface area (Å²) in [5.74, 6) is 1.05. The average Bonchev–Trinajstić information content (AvgIpc) is 3.03. The lowest BCUT2D eigenvalue weighted by Gasteiger charge is -2.10. The topological polar surface area (TPSA) is 71.9 Å². The lowest BCUT2D eigenvalue weighted by Crippen LogP contribution is -2.29. The van der Waals surface area contributed by atoms with E-state index in [9.17, 15) is 4.79 Å². The Morgan fingerprint density at radius 2 is 2.10 bits per heavy atom. The predicted molar refractivity (Wildman–Crippen MR) is 117 cm³/mol. The highest BCUT2D eigenvalue weighted by atomic mass is 35.5. The number of benzene rings is 2. The van der Waals surface area contributed by atoms with Gasteiger partial charge in [0, 0.05) is 17.1 Å². The van der Waals surface area contributed by atoms with Gasteiger partial charge in [-0.1, -0.05) is 47.0 Å². The van der Waals surface area contributed by atoms with E-state index < -0.39 is 0 Å². The number of rotatable bonds is 8. The summed E-state index contributed by atoms with van der Waals surface area (Å²) in [7, 11) is 0. The van der Waals surface area contributed by atoms with Crippen LogP contribution in [-0.4, -0.2) is 33.8 Å². The van der Waals surface area contributed by atoms with Gasteiger partial charge in [0.25, 0.3) is 0 Å². The normalized spacial score (nSPS) is 10.7. The number of aromatic amines is 1. The maximum Gasteiger partial charge on any atom is 0.240 e. The number of hydrogen-bond acceptors (Lipinski definition) is 4. The molecule has 0 fully saturated rings. The second-order valence-corrected chi connectivity index (χ2v) is 7.67. The van der Waals surface area contributed by atoms with E-state index in [1.165, 1.54) is 0 Å². The Morgan fingerprint density at radius 1 is 1.28 bits per heavy atom. The van der Waals surface area contributed by atoms with Crippen molar-refractivity contribution in [1.29, 1.82) is 0 Å². The van der Waals surface area contributed by atoms with Crippen LogP contribution in [0.25, 0.3) is 11.4 Å². The number of nitrogens with zero attached hydrogens (tertiary/aromatic N) is 2. The molecule has 0 spiro atoms. The van der Waals surface area contributed by atoms with E-state index >= 15 is 0 Å². The summed E-state index contributed by atoms with van der Waals surface area (Å²) in [6, 6.07) is 12.9. The molecule has 0 saturated carbocycles. The molecule has 9 heteroatoms. The highest BCUT2D eigenvalue weighted by Gasteiger charge is 2.12. The van der Waals surface area contributed by atoms with Gasteiger partial charge < -0.3 is 10.1 Å². The van der Waals surface area contributed by atoms with Gasteiger partial charge in [-0.15, -0.1) is 0 Å². The fourth-order valence-electron chi connectivity index (χ4n) is 2.74. The molecule has 152 valence electrons. The Morgan fingerprint density at radius 3 is 2.86 bits per heavy atom. The van der Waals surface area contributed by atoms with Gasteiger partial charge in [-0.25, -0.2) is 0 Å². The van der Waals surface area contributed by atoms with Gasteiger partial charge in [0.2, 0.25) is 5.91 Å². The van der Waals surface area contributed by atoms with Crippen LogP contribution in [0.4, 0.5) is 0 Å². The molecule has 29 heavy (non-hydrogen) atoms. The SMILES string of the molecule is Cc1cccc(-c2n[nH]c(=S)n2CC(=O)NCCCOc2ccc(Cl)cc2Cl)c1. The summed E-state index contributed by atoms with van der Waals surface area (Å²) in [6.45, 7) is 2.97. The highest BCUT2D eigenvalue weighted by molar-refractivity contribution is 7.71. The Kier molecular flexibility index (Phi) is 7.30. The predicted octanol–water partition coefficient (Wildman–Crippen LogP) is 4.81. The summed E-state index contributed by atoms with van der Waals surface area (Å²) in [6.07, 6.45) is 0.631. The minimum Gasteiger partial charge on any atom is -0.492 e. The number of aryl methyl sites for hydroxylation is 1. The molecule has 3 rings (SSSR count). The molecule has 2 aromatic carbocycles. The quantitative estimate of drug-likeness (QED) is 0.381. The van der Waals surface area contributed by atoms with Crippen LogP contribution >= 0.6 is 35.4 Å². The number of nitrogens with one attached hydrogen (secondary N) is 2. The molecule has 0 unspecified atom stereocenters. The minimum absolute atomic E-state index is 0.0858. The van der Waals surface area contributed by atoms with E-state index in [1.54, 1.807) is 22.8 Å².